The van der Waals surface area contributed by atoms with E-state index < -0.39 is 0 Å². The van der Waals surface area contributed by atoms with Crippen LogP contribution in [0.5, 0.6) is 0 Å². The van der Waals surface area contributed by atoms with E-state index in [-0.39, 0.29) is 11.5 Å². The first-order valence-corrected chi connectivity index (χ1v) is 9.83. The standard InChI is InChI=1S/C20H19N3O2S2/c1-2-11-23-19(25)16-9-8-14(13-17(16)22-20(23)26)18(24)21-10-12-27-15-6-4-3-5-7-15/h2-9,13H,1,10-12H2,(H,21,24)(H,22,26). The van der Waals surface area contributed by atoms with Crippen LogP contribution in [-0.4, -0.2) is 27.8 Å². The number of thioether (sulfide) groups is 1. The maximum atomic E-state index is 12.5. The average Bonchev–Trinajstić information content (AvgIpc) is 2.68. The van der Waals surface area contributed by atoms with Gasteiger partial charge in [-0.25, -0.2) is 0 Å². The molecule has 27 heavy (non-hydrogen) atoms. The summed E-state index contributed by atoms with van der Waals surface area (Å²) in [6.45, 7) is 4.52. The Kier molecular flexibility index (Phi) is 6.26. The quantitative estimate of drug-likeness (QED) is 0.276. The number of carbonyl (C=O) groups excluding carboxylic acids is 1. The van der Waals surface area contributed by atoms with Gasteiger partial charge in [0.05, 0.1) is 10.9 Å². The molecule has 0 fully saturated rings. The Balaban J connectivity index is 1.70. The number of H-pyrrole nitrogens is 1. The van der Waals surface area contributed by atoms with Gasteiger partial charge in [-0.3, -0.25) is 14.2 Å². The third-order valence-corrected chi connectivity index (χ3v) is 5.29. The summed E-state index contributed by atoms with van der Waals surface area (Å²) in [6, 6.07) is 15.0. The Morgan fingerprint density at radius 1 is 1.26 bits per heavy atom. The molecule has 5 nitrogen and oxygen atoms in total. The van der Waals surface area contributed by atoms with Gasteiger partial charge in [0.1, 0.15) is 0 Å². The maximum Gasteiger partial charge on any atom is 0.262 e. The van der Waals surface area contributed by atoms with Crippen LogP contribution < -0.4 is 10.9 Å². The minimum atomic E-state index is -0.195. The van der Waals surface area contributed by atoms with Crippen LogP contribution in [0.15, 0.2) is 70.9 Å². The van der Waals surface area contributed by atoms with E-state index >= 15 is 0 Å². The second-order valence-corrected chi connectivity index (χ2v) is 7.37. The highest BCUT2D eigenvalue weighted by Gasteiger charge is 2.10. The first-order chi connectivity index (χ1) is 13.1. The smallest absolute Gasteiger partial charge is 0.262 e. The summed E-state index contributed by atoms with van der Waals surface area (Å²) in [5.41, 5.74) is 0.843. The van der Waals surface area contributed by atoms with Gasteiger partial charge in [-0.1, -0.05) is 24.3 Å². The molecule has 2 N–H and O–H groups in total. The number of aromatic amines is 1. The molecule has 0 aliphatic heterocycles. The van der Waals surface area contributed by atoms with E-state index in [0.717, 1.165) is 5.75 Å². The van der Waals surface area contributed by atoms with Crippen molar-refractivity contribution in [1.82, 2.24) is 14.9 Å². The molecule has 0 radical (unpaired) electrons. The highest BCUT2D eigenvalue weighted by atomic mass is 32.2. The molecule has 0 atom stereocenters. The van der Waals surface area contributed by atoms with Gasteiger partial charge in [0.25, 0.3) is 11.5 Å². The second kappa shape index (κ2) is 8.83. The molecule has 0 aliphatic carbocycles. The molecule has 138 valence electrons. The lowest BCUT2D eigenvalue weighted by atomic mass is 10.1. The monoisotopic (exact) mass is 397 g/mol. The molecule has 0 saturated carbocycles. The molecule has 0 saturated heterocycles. The summed E-state index contributed by atoms with van der Waals surface area (Å²) in [5, 5.41) is 3.39. The van der Waals surface area contributed by atoms with Crippen molar-refractivity contribution >= 4 is 40.8 Å². The van der Waals surface area contributed by atoms with Crippen LogP contribution in [-0.2, 0) is 6.54 Å². The molecule has 0 bridgehead atoms. The molecule has 7 heteroatoms. The number of benzene rings is 2. The zero-order chi connectivity index (χ0) is 19.2. The second-order valence-electron chi connectivity index (χ2n) is 5.81. The molecule has 0 unspecified atom stereocenters. The number of allylic oxidation sites excluding steroid dienone is 1. The predicted octanol–water partition coefficient (Wildman–Crippen LogP) is 3.77. The first kappa shape index (κ1) is 19.1. The van der Waals surface area contributed by atoms with E-state index in [2.05, 4.69) is 16.9 Å². The minimum absolute atomic E-state index is 0.180. The molecule has 2 aromatic carbocycles. The van der Waals surface area contributed by atoms with Crippen LogP contribution >= 0.6 is 24.0 Å². The molecular formula is C20H19N3O2S2. The van der Waals surface area contributed by atoms with E-state index in [1.807, 2.05) is 30.3 Å². The van der Waals surface area contributed by atoms with Crippen molar-refractivity contribution in [1.29, 1.82) is 0 Å². The number of nitrogens with one attached hydrogen (secondary N) is 2. The average molecular weight is 398 g/mol. The Morgan fingerprint density at radius 2 is 2.04 bits per heavy atom. The highest BCUT2D eigenvalue weighted by Crippen LogP contribution is 2.16. The maximum absolute atomic E-state index is 12.5. The van der Waals surface area contributed by atoms with Gasteiger partial charge in [-0.2, -0.15) is 0 Å². The van der Waals surface area contributed by atoms with Crippen LogP contribution in [0.25, 0.3) is 10.9 Å². The first-order valence-electron chi connectivity index (χ1n) is 8.44. The summed E-state index contributed by atoms with van der Waals surface area (Å²) in [5.74, 6) is 0.595. The molecule has 1 heterocycles. The van der Waals surface area contributed by atoms with Crippen molar-refractivity contribution in [3.63, 3.8) is 0 Å². The Bertz CT molecular complexity index is 1090. The Labute approximate surface area is 166 Å². The van der Waals surface area contributed by atoms with E-state index in [1.54, 1.807) is 36.0 Å². The molecule has 0 aliphatic rings. The number of fused-ring (bicyclic) bond motifs is 1. The molecular weight excluding hydrogens is 378 g/mol. The lowest BCUT2D eigenvalue weighted by Gasteiger charge is -2.08. The fourth-order valence-electron chi connectivity index (χ4n) is 2.64. The Hall–Kier alpha value is -2.64. The lowest BCUT2D eigenvalue weighted by Crippen LogP contribution is -2.26. The van der Waals surface area contributed by atoms with E-state index in [4.69, 9.17) is 12.2 Å². The predicted molar refractivity (Wildman–Crippen MR) is 113 cm³/mol. The normalized spacial score (nSPS) is 10.7. The molecule has 0 spiro atoms. The van der Waals surface area contributed by atoms with Crippen molar-refractivity contribution in [2.75, 3.05) is 12.3 Å². The lowest BCUT2D eigenvalue weighted by molar-refractivity contribution is 0.0956. The number of aromatic nitrogens is 2. The summed E-state index contributed by atoms with van der Waals surface area (Å²) in [6.07, 6.45) is 1.62. The van der Waals surface area contributed by atoms with Crippen LogP contribution in [0.1, 0.15) is 10.4 Å². The fraction of sp³-hybridized carbons (Fsp3) is 0.150. The van der Waals surface area contributed by atoms with Gasteiger partial charge >= 0.3 is 0 Å². The zero-order valence-electron chi connectivity index (χ0n) is 14.6. The SMILES string of the molecule is C=CCn1c(=S)[nH]c2cc(C(=O)NCCSc3ccccc3)ccc2c1=O. The van der Waals surface area contributed by atoms with Crippen molar-refractivity contribution in [2.45, 2.75) is 11.4 Å². The molecule has 3 aromatic rings. The van der Waals surface area contributed by atoms with Gasteiger partial charge < -0.3 is 10.3 Å². The summed E-state index contributed by atoms with van der Waals surface area (Å²) in [7, 11) is 0. The van der Waals surface area contributed by atoms with Crippen LogP contribution in [0.3, 0.4) is 0 Å². The fourth-order valence-corrected chi connectivity index (χ4v) is 3.70. The largest absolute Gasteiger partial charge is 0.351 e. The number of amides is 1. The zero-order valence-corrected chi connectivity index (χ0v) is 16.2. The van der Waals surface area contributed by atoms with Crippen LogP contribution in [0.2, 0.25) is 0 Å². The topological polar surface area (TPSA) is 66.9 Å². The van der Waals surface area contributed by atoms with Gasteiger partial charge in [0.2, 0.25) is 0 Å². The van der Waals surface area contributed by atoms with E-state index in [0.29, 0.717) is 34.3 Å². The summed E-state index contributed by atoms with van der Waals surface area (Å²) >= 11 is 6.91. The van der Waals surface area contributed by atoms with Crippen LogP contribution in [0, 0.1) is 4.77 Å². The molecule has 1 aromatic heterocycles. The van der Waals surface area contributed by atoms with Gasteiger partial charge in [-0.15, -0.1) is 18.3 Å². The van der Waals surface area contributed by atoms with Crippen molar-refractivity contribution in [3.05, 3.63) is 81.9 Å². The van der Waals surface area contributed by atoms with Crippen molar-refractivity contribution in [2.24, 2.45) is 0 Å². The summed E-state index contributed by atoms with van der Waals surface area (Å²) < 4.78 is 1.75. The third-order valence-electron chi connectivity index (χ3n) is 3.96. The molecule has 3 rings (SSSR count). The number of rotatable bonds is 7. The summed E-state index contributed by atoms with van der Waals surface area (Å²) in [4.78, 5) is 29.1. The number of carbonyl (C=O) groups is 1. The number of nitrogens with zero attached hydrogens (tertiary/aromatic N) is 1. The van der Waals surface area contributed by atoms with Gasteiger partial charge in [-0.05, 0) is 42.5 Å². The van der Waals surface area contributed by atoms with E-state index in [1.165, 1.54) is 9.46 Å². The van der Waals surface area contributed by atoms with E-state index in [9.17, 15) is 9.59 Å². The Morgan fingerprint density at radius 3 is 2.78 bits per heavy atom. The van der Waals surface area contributed by atoms with Crippen molar-refractivity contribution < 1.29 is 4.79 Å². The number of hydrogen-bond donors (Lipinski definition) is 2. The highest BCUT2D eigenvalue weighted by molar-refractivity contribution is 7.99. The third kappa shape index (κ3) is 4.56. The number of hydrogen-bond acceptors (Lipinski definition) is 4. The van der Waals surface area contributed by atoms with Gasteiger partial charge in [0.15, 0.2) is 4.77 Å². The van der Waals surface area contributed by atoms with Gasteiger partial charge in [0, 0.05) is 29.3 Å². The molecule has 1 amide bonds. The van der Waals surface area contributed by atoms with Crippen LogP contribution in [0.4, 0.5) is 0 Å². The minimum Gasteiger partial charge on any atom is -0.351 e. The van der Waals surface area contributed by atoms with Crippen molar-refractivity contribution in [3.8, 4) is 0 Å².